The number of ether oxygens (including phenoxy) is 1. The lowest BCUT2D eigenvalue weighted by atomic mass is 10.3. The van der Waals surface area contributed by atoms with Crippen molar-refractivity contribution >= 4 is 34.5 Å². The SMILES string of the molecule is CCOC(=O)Nc1cc(C)nn1-c1ncnc2c1cnn2-c1ccc(Cl)cc1. The average Bonchev–Trinajstić information content (AvgIpc) is 3.26. The van der Waals surface area contributed by atoms with Crippen LogP contribution in [0.2, 0.25) is 5.02 Å². The number of fused-ring (bicyclic) bond motifs is 1. The maximum Gasteiger partial charge on any atom is 0.412 e. The second-order valence-corrected chi connectivity index (χ2v) is 6.33. The normalized spacial score (nSPS) is 11.0. The van der Waals surface area contributed by atoms with Crippen molar-refractivity contribution in [3.63, 3.8) is 0 Å². The highest BCUT2D eigenvalue weighted by molar-refractivity contribution is 6.30. The standard InChI is InChI=1S/C18H16ClN7O2/c1-3-28-18(27)23-15-8-11(2)24-26(15)17-14-9-22-25(16(14)20-10-21-17)13-6-4-12(19)5-7-13/h4-10H,3H2,1-2H3,(H,23,27). The van der Waals surface area contributed by atoms with E-state index in [1.165, 1.54) is 11.0 Å². The van der Waals surface area contributed by atoms with E-state index in [2.05, 4.69) is 25.5 Å². The van der Waals surface area contributed by atoms with Gasteiger partial charge in [0.1, 0.15) is 12.1 Å². The number of nitrogens with zero attached hydrogens (tertiary/aromatic N) is 6. The van der Waals surface area contributed by atoms with Gasteiger partial charge in [-0.1, -0.05) is 11.6 Å². The van der Waals surface area contributed by atoms with Gasteiger partial charge in [0.2, 0.25) is 0 Å². The summed E-state index contributed by atoms with van der Waals surface area (Å²) in [5, 5.41) is 12.9. The molecule has 0 aliphatic carbocycles. The number of aromatic nitrogens is 6. The van der Waals surface area contributed by atoms with Crippen LogP contribution in [0.25, 0.3) is 22.5 Å². The first-order valence-electron chi connectivity index (χ1n) is 8.52. The second kappa shape index (κ2) is 7.28. The summed E-state index contributed by atoms with van der Waals surface area (Å²) < 4.78 is 8.17. The quantitative estimate of drug-likeness (QED) is 0.565. The lowest BCUT2D eigenvalue weighted by Gasteiger charge is -2.09. The van der Waals surface area contributed by atoms with Crippen molar-refractivity contribution in [2.24, 2.45) is 0 Å². The van der Waals surface area contributed by atoms with Crippen molar-refractivity contribution in [3.05, 3.63) is 53.6 Å². The molecule has 0 unspecified atom stereocenters. The molecule has 28 heavy (non-hydrogen) atoms. The maximum atomic E-state index is 11.9. The van der Waals surface area contributed by atoms with Crippen molar-refractivity contribution in [2.75, 3.05) is 11.9 Å². The number of carbonyl (C=O) groups excluding carboxylic acids is 1. The van der Waals surface area contributed by atoms with E-state index in [-0.39, 0.29) is 6.61 Å². The molecule has 3 aromatic heterocycles. The van der Waals surface area contributed by atoms with Crippen LogP contribution in [0.3, 0.4) is 0 Å². The minimum Gasteiger partial charge on any atom is -0.450 e. The lowest BCUT2D eigenvalue weighted by Crippen LogP contribution is -2.16. The van der Waals surface area contributed by atoms with E-state index < -0.39 is 6.09 Å². The Labute approximate surface area is 164 Å². The predicted octanol–water partition coefficient (Wildman–Crippen LogP) is 3.53. The fourth-order valence-electron chi connectivity index (χ4n) is 2.79. The fourth-order valence-corrected chi connectivity index (χ4v) is 2.92. The van der Waals surface area contributed by atoms with Crippen LogP contribution in [-0.4, -0.2) is 42.2 Å². The first-order chi connectivity index (χ1) is 13.6. The van der Waals surface area contributed by atoms with E-state index in [0.29, 0.717) is 33.4 Å². The van der Waals surface area contributed by atoms with Crippen LogP contribution in [0, 0.1) is 6.92 Å². The number of hydrogen-bond donors (Lipinski definition) is 1. The molecule has 0 aliphatic rings. The molecule has 4 rings (SSSR count). The van der Waals surface area contributed by atoms with Crippen molar-refractivity contribution in [2.45, 2.75) is 13.8 Å². The molecule has 9 nitrogen and oxygen atoms in total. The zero-order chi connectivity index (χ0) is 19.7. The van der Waals surface area contributed by atoms with E-state index in [9.17, 15) is 4.79 Å². The minimum absolute atomic E-state index is 0.268. The number of rotatable bonds is 4. The Hall–Kier alpha value is -3.46. The smallest absolute Gasteiger partial charge is 0.412 e. The number of carbonyl (C=O) groups is 1. The number of anilines is 1. The number of nitrogens with one attached hydrogen (secondary N) is 1. The molecule has 1 aromatic carbocycles. The second-order valence-electron chi connectivity index (χ2n) is 5.90. The summed E-state index contributed by atoms with van der Waals surface area (Å²) in [6.45, 7) is 3.83. The van der Waals surface area contributed by atoms with Crippen molar-refractivity contribution in [1.29, 1.82) is 0 Å². The molecule has 0 saturated heterocycles. The molecular weight excluding hydrogens is 382 g/mol. The van der Waals surface area contributed by atoms with Gasteiger partial charge >= 0.3 is 6.09 Å². The summed E-state index contributed by atoms with van der Waals surface area (Å²) in [4.78, 5) is 20.6. The number of benzene rings is 1. The summed E-state index contributed by atoms with van der Waals surface area (Å²) in [7, 11) is 0. The van der Waals surface area contributed by atoms with Gasteiger partial charge in [-0.25, -0.2) is 19.4 Å². The van der Waals surface area contributed by atoms with Gasteiger partial charge in [0, 0.05) is 11.1 Å². The van der Waals surface area contributed by atoms with Crippen LogP contribution in [0.1, 0.15) is 12.6 Å². The molecule has 0 aliphatic heterocycles. The van der Waals surface area contributed by atoms with E-state index in [1.807, 2.05) is 19.1 Å². The summed E-state index contributed by atoms with van der Waals surface area (Å²) in [5.41, 5.74) is 2.12. The molecule has 10 heteroatoms. The van der Waals surface area contributed by atoms with Crippen LogP contribution in [0.15, 0.2) is 42.9 Å². The first kappa shape index (κ1) is 17.9. The average molecular weight is 398 g/mol. The Morgan fingerprint density at radius 3 is 2.75 bits per heavy atom. The Bertz CT molecular complexity index is 1150. The molecule has 0 fully saturated rings. The third-order valence-electron chi connectivity index (χ3n) is 3.95. The summed E-state index contributed by atoms with van der Waals surface area (Å²) in [6.07, 6.45) is 2.52. The highest BCUT2D eigenvalue weighted by Gasteiger charge is 2.17. The molecule has 0 bridgehead atoms. The van der Waals surface area contributed by atoms with Crippen LogP contribution < -0.4 is 5.32 Å². The molecule has 0 spiro atoms. The Balaban J connectivity index is 1.81. The lowest BCUT2D eigenvalue weighted by molar-refractivity contribution is 0.167. The van der Waals surface area contributed by atoms with Crippen molar-refractivity contribution in [3.8, 4) is 11.5 Å². The highest BCUT2D eigenvalue weighted by atomic mass is 35.5. The number of halogens is 1. The predicted molar refractivity (Wildman–Crippen MR) is 104 cm³/mol. The fraction of sp³-hybridized carbons (Fsp3) is 0.167. The van der Waals surface area contributed by atoms with Gasteiger partial charge in [0.15, 0.2) is 11.5 Å². The molecule has 0 saturated carbocycles. The van der Waals surface area contributed by atoms with Gasteiger partial charge < -0.3 is 4.74 Å². The Morgan fingerprint density at radius 1 is 1.21 bits per heavy atom. The Morgan fingerprint density at radius 2 is 2.00 bits per heavy atom. The van der Waals surface area contributed by atoms with Gasteiger partial charge in [-0.15, -0.1) is 0 Å². The summed E-state index contributed by atoms with van der Waals surface area (Å²) in [5.74, 6) is 0.931. The largest absolute Gasteiger partial charge is 0.450 e. The monoisotopic (exact) mass is 397 g/mol. The third-order valence-corrected chi connectivity index (χ3v) is 4.21. The van der Waals surface area contributed by atoms with Crippen LogP contribution in [-0.2, 0) is 4.74 Å². The van der Waals surface area contributed by atoms with Crippen LogP contribution >= 0.6 is 11.6 Å². The zero-order valence-corrected chi connectivity index (χ0v) is 15.9. The highest BCUT2D eigenvalue weighted by Crippen LogP contribution is 2.24. The van der Waals surface area contributed by atoms with Gasteiger partial charge in [-0.2, -0.15) is 14.9 Å². The molecule has 3 heterocycles. The molecule has 1 N–H and O–H groups in total. The Kier molecular flexibility index (Phi) is 4.66. The van der Waals surface area contributed by atoms with Crippen LogP contribution in [0.5, 0.6) is 0 Å². The van der Waals surface area contributed by atoms with Gasteiger partial charge in [-0.05, 0) is 38.1 Å². The van der Waals surface area contributed by atoms with E-state index in [1.54, 1.807) is 36.0 Å². The molecule has 0 atom stereocenters. The van der Waals surface area contributed by atoms with E-state index in [4.69, 9.17) is 16.3 Å². The minimum atomic E-state index is -0.564. The van der Waals surface area contributed by atoms with Gasteiger partial charge in [0.05, 0.1) is 29.6 Å². The number of aryl methyl sites for hydroxylation is 1. The summed E-state index contributed by atoms with van der Waals surface area (Å²) >= 11 is 5.97. The van der Waals surface area contributed by atoms with Crippen LogP contribution in [0.4, 0.5) is 10.6 Å². The maximum absolute atomic E-state index is 11.9. The third kappa shape index (κ3) is 3.27. The summed E-state index contributed by atoms with van der Waals surface area (Å²) in [6, 6.07) is 8.99. The molecule has 1 amide bonds. The molecule has 4 aromatic rings. The number of hydrogen-bond acceptors (Lipinski definition) is 6. The van der Waals surface area contributed by atoms with Gasteiger partial charge in [0.25, 0.3) is 0 Å². The first-order valence-corrected chi connectivity index (χ1v) is 8.90. The topological polar surface area (TPSA) is 99.8 Å². The molecule has 0 radical (unpaired) electrons. The molecule has 142 valence electrons. The van der Waals surface area contributed by atoms with E-state index >= 15 is 0 Å². The number of amides is 1. The molecular formula is C18H16ClN7O2. The zero-order valence-electron chi connectivity index (χ0n) is 15.1. The van der Waals surface area contributed by atoms with Crippen molar-refractivity contribution < 1.29 is 9.53 Å². The van der Waals surface area contributed by atoms with E-state index in [0.717, 1.165) is 5.69 Å². The van der Waals surface area contributed by atoms with Crippen molar-refractivity contribution in [1.82, 2.24) is 29.5 Å². The van der Waals surface area contributed by atoms with Gasteiger partial charge in [-0.3, -0.25) is 5.32 Å².